The van der Waals surface area contributed by atoms with Crippen molar-refractivity contribution in [3.8, 4) is 0 Å². The Bertz CT molecular complexity index is 585. The molecule has 1 amide bonds. The minimum atomic E-state index is 0.151. The maximum absolute atomic E-state index is 12.5. The maximum Gasteiger partial charge on any atom is 0.242 e. The standard InChI is InChI=1S/C17H19N3O/c21-17(13-19-15-5-2-1-3-6-15)20-12-4-7-16(20)14-8-10-18-11-9-14/h1-3,5-6,8-11,16,19H,4,7,12-13H2. The second kappa shape index (κ2) is 6.39. The van der Waals surface area contributed by atoms with Crippen LogP contribution in [0.15, 0.2) is 54.9 Å². The Kier molecular flexibility index (Phi) is 4.15. The molecule has 3 rings (SSSR count). The Morgan fingerprint density at radius 3 is 2.71 bits per heavy atom. The van der Waals surface area contributed by atoms with Crippen LogP contribution in [0.4, 0.5) is 5.69 Å². The first-order valence-electron chi connectivity index (χ1n) is 7.33. The maximum atomic E-state index is 12.5. The van der Waals surface area contributed by atoms with Crippen LogP contribution in [-0.4, -0.2) is 28.9 Å². The Hall–Kier alpha value is -2.36. The fourth-order valence-electron chi connectivity index (χ4n) is 2.83. The van der Waals surface area contributed by atoms with E-state index in [0.717, 1.165) is 25.1 Å². The molecule has 1 atom stereocenters. The van der Waals surface area contributed by atoms with Crippen molar-refractivity contribution in [2.75, 3.05) is 18.4 Å². The van der Waals surface area contributed by atoms with Crippen LogP contribution in [0.25, 0.3) is 0 Å². The van der Waals surface area contributed by atoms with Gasteiger partial charge in [0, 0.05) is 24.6 Å². The average molecular weight is 281 g/mol. The molecule has 0 aliphatic carbocycles. The normalized spacial score (nSPS) is 17.7. The lowest BCUT2D eigenvalue weighted by atomic mass is 10.1. The van der Waals surface area contributed by atoms with Crippen molar-refractivity contribution in [1.82, 2.24) is 9.88 Å². The Balaban J connectivity index is 1.64. The molecule has 1 N–H and O–H groups in total. The van der Waals surface area contributed by atoms with Crippen molar-refractivity contribution in [3.63, 3.8) is 0 Å². The summed E-state index contributed by atoms with van der Waals surface area (Å²) in [7, 11) is 0. The summed E-state index contributed by atoms with van der Waals surface area (Å²) < 4.78 is 0. The number of likely N-dealkylation sites (tertiary alicyclic amines) is 1. The monoisotopic (exact) mass is 281 g/mol. The molecule has 2 aromatic rings. The first-order valence-corrected chi connectivity index (χ1v) is 7.33. The number of rotatable bonds is 4. The summed E-state index contributed by atoms with van der Waals surface area (Å²) in [6.45, 7) is 1.17. The highest BCUT2D eigenvalue weighted by atomic mass is 16.2. The van der Waals surface area contributed by atoms with Crippen LogP contribution in [0, 0.1) is 0 Å². The number of hydrogen-bond acceptors (Lipinski definition) is 3. The highest BCUT2D eigenvalue weighted by molar-refractivity contribution is 5.81. The van der Waals surface area contributed by atoms with Crippen molar-refractivity contribution in [3.05, 3.63) is 60.4 Å². The van der Waals surface area contributed by atoms with Gasteiger partial charge in [-0.1, -0.05) is 18.2 Å². The molecule has 0 saturated carbocycles. The van der Waals surface area contributed by atoms with Crippen molar-refractivity contribution < 1.29 is 4.79 Å². The molecule has 4 heteroatoms. The third-order valence-electron chi connectivity index (χ3n) is 3.88. The number of hydrogen-bond donors (Lipinski definition) is 1. The van der Waals surface area contributed by atoms with Crippen molar-refractivity contribution in [2.45, 2.75) is 18.9 Å². The van der Waals surface area contributed by atoms with Gasteiger partial charge >= 0.3 is 0 Å². The molecule has 108 valence electrons. The second-order valence-corrected chi connectivity index (χ2v) is 5.25. The summed E-state index contributed by atoms with van der Waals surface area (Å²) in [4.78, 5) is 18.5. The van der Waals surface area contributed by atoms with E-state index in [-0.39, 0.29) is 11.9 Å². The third kappa shape index (κ3) is 3.21. The predicted octanol–water partition coefficient (Wildman–Crippen LogP) is 2.86. The molecular formula is C17H19N3O. The average Bonchev–Trinajstić information content (AvgIpc) is 3.04. The smallest absolute Gasteiger partial charge is 0.242 e. The van der Waals surface area contributed by atoms with Gasteiger partial charge in [0.1, 0.15) is 0 Å². The molecule has 1 unspecified atom stereocenters. The van der Waals surface area contributed by atoms with E-state index in [1.165, 1.54) is 5.56 Å². The number of pyridine rings is 1. The van der Waals surface area contributed by atoms with E-state index in [1.54, 1.807) is 12.4 Å². The minimum Gasteiger partial charge on any atom is -0.376 e. The van der Waals surface area contributed by atoms with Crippen LogP contribution in [0.1, 0.15) is 24.4 Å². The molecule has 1 aliphatic rings. The molecule has 0 radical (unpaired) electrons. The van der Waals surface area contributed by atoms with Gasteiger partial charge in [0.05, 0.1) is 12.6 Å². The number of carbonyl (C=O) groups excluding carboxylic acids is 1. The zero-order chi connectivity index (χ0) is 14.5. The quantitative estimate of drug-likeness (QED) is 0.937. The van der Waals surface area contributed by atoms with Gasteiger partial charge in [0.25, 0.3) is 0 Å². The van der Waals surface area contributed by atoms with Crippen molar-refractivity contribution in [1.29, 1.82) is 0 Å². The molecule has 1 fully saturated rings. The highest BCUT2D eigenvalue weighted by Crippen LogP contribution is 2.31. The number of nitrogens with zero attached hydrogens (tertiary/aromatic N) is 2. The van der Waals surface area contributed by atoms with Gasteiger partial charge in [-0.25, -0.2) is 0 Å². The molecule has 1 aliphatic heterocycles. The number of amides is 1. The molecule has 0 spiro atoms. The largest absolute Gasteiger partial charge is 0.376 e. The summed E-state index contributed by atoms with van der Waals surface area (Å²) in [5.41, 5.74) is 2.15. The van der Waals surface area contributed by atoms with Gasteiger partial charge in [-0.3, -0.25) is 9.78 Å². The summed E-state index contributed by atoms with van der Waals surface area (Å²) in [5.74, 6) is 0.151. The van der Waals surface area contributed by atoms with Crippen LogP contribution >= 0.6 is 0 Å². The second-order valence-electron chi connectivity index (χ2n) is 5.25. The molecule has 4 nitrogen and oxygen atoms in total. The Morgan fingerprint density at radius 2 is 1.95 bits per heavy atom. The third-order valence-corrected chi connectivity index (χ3v) is 3.88. The van der Waals surface area contributed by atoms with Crippen molar-refractivity contribution in [2.24, 2.45) is 0 Å². The van der Waals surface area contributed by atoms with Gasteiger partial charge in [0.15, 0.2) is 0 Å². The van der Waals surface area contributed by atoms with Gasteiger partial charge in [-0.2, -0.15) is 0 Å². The number of para-hydroxylation sites is 1. The lowest BCUT2D eigenvalue weighted by molar-refractivity contribution is -0.130. The van der Waals surface area contributed by atoms with Crippen molar-refractivity contribution >= 4 is 11.6 Å². The molecule has 21 heavy (non-hydrogen) atoms. The fourth-order valence-corrected chi connectivity index (χ4v) is 2.83. The number of nitrogens with one attached hydrogen (secondary N) is 1. The molecular weight excluding hydrogens is 262 g/mol. The van der Waals surface area contributed by atoms with E-state index in [0.29, 0.717) is 6.54 Å². The lowest BCUT2D eigenvalue weighted by Crippen LogP contribution is -2.35. The summed E-state index contributed by atoms with van der Waals surface area (Å²) >= 11 is 0. The van der Waals surface area contributed by atoms with E-state index >= 15 is 0 Å². The lowest BCUT2D eigenvalue weighted by Gasteiger charge is -2.25. The number of aromatic nitrogens is 1. The number of carbonyl (C=O) groups is 1. The Labute approximate surface area is 124 Å². The van der Waals surface area contributed by atoms with Gasteiger partial charge in [-0.15, -0.1) is 0 Å². The SMILES string of the molecule is O=C(CNc1ccccc1)N1CCCC1c1ccncc1. The van der Waals surface area contributed by atoms with Crippen LogP contribution in [0.5, 0.6) is 0 Å². The predicted molar refractivity (Wildman–Crippen MR) is 82.9 cm³/mol. The number of benzene rings is 1. The zero-order valence-electron chi connectivity index (χ0n) is 11.9. The van der Waals surface area contributed by atoms with E-state index in [4.69, 9.17) is 0 Å². The summed E-state index contributed by atoms with van der Waals surface area (Å²) in [6.07, 6.45) is 5.67. The number of anilines is 1. The molecule has 0 bridgehead atoms. The Morgan fingerprint density at radius 1 is 1.19 bits per heavy atom. The van der Waals surface area contributed by atoms with Crippen LogP contribution in [-0.2, 0) is 4.79 Å². The van der Waals surface area contributed by atoms with Gasteiger partial charge in [0.2, 0.25) is 5.91 Å². The van der Waals surface area contributed by atoms with Crippen LogP contribution in [0.3, 0.4) is 0 Å². The topological polar surface area (TPSA) is 45.2 Å². The van der Waals surface area contributed by atoms with E-state index in [9.17, 15) is 4.79 Å². The zero-order valence-corrected chi connectivity index (χ0v) is 11.9. The van der Waals surface area contributed by atoms with Gasteiger partial charge < -0.3 is 10.2 Å². The van der Waals surface area contributed by atoms with E-state index < -0.39 is 0 Å². The summed E-state index contributed by atoms with van der Waals surface area (Å²) in [5, 5.41) is 3.19. The first-order chi connectivity index (χ1) is 10.3. The molecule has 1 aromatic heterocycles. The molecule has 1 aromatic carbocycles. The molecule has 2 heterocycles. The first kappa shape index (κ1) is 13.6. The summed E-state index contributed by atoms with van der Waals surface area (Å²) in [6, 6.07) is 14.0. The van der Waals surface area contributed by atoms with E-state index in [1.807, 2.05) is 47.4 Å². The van der Waals surface area contributed by atoms with Gasteiger partial charge in [-0.05, 0) is 42.7 Å². The highest BCUT2D eigenvalue weighted by Gasteiger charge is 2.29. The van der Waals surface area contributed by atoms with Crippen LogP contribution in [0.2, 0.25) is 0 Å². The minimum absolute atomic E-state index is 0.151. The fraction of sp³-hybridized carbons (Fsp3) is 0.294. The molecule has 1 saturated heterocycles. The van der Waals surface area contributed by atoms with Crippen LogP contribution < -0.4 is 5.32 Å². The van der Waals surface area contributed by atoms with E-state index in [2.05, 4.69) is 10.3 Å².